The van der Waals surface area contributed by atoms with Gasteiger partial charge in [-0.05, 0) is 25.2 Å². The van der Waals surface area contributed by atoms with Crippen LogP contribution in [0.15, 0.2) is 0 Å². The lowest BCUT2D eigenvalue weighted by Crippen LogP contribution is -2.36. The summed E-state index contributed by atoms with van der Waals surface area (Å²) in [5.41, 5.74) is 5.07. The van der Waals surface area contributed by atoms with Crippen LogP contribution in [0.25, 0.3) is 0 Å². The molecule has 0 heterocycles. The Balaban J connectivity index is 2.22. The maximum absolute atomic E-state index is 10.6. The molecule has 1 fully saturated rings. The van der Waals surface area contributed by atoms with Crippen molar-refractivity contribution in [2.75, 3.05) is 6.54 Å². The van der Waals surface area contributed by atoms with E-state index in [9.17, 15) is 4.79 Å². The summed E-state index contributed by atoms with van der Waals surface area (Å²) in [5, 5.41) is 3.21. The van der Waals surface area contributed by atoms with Crippen LogP contribution in [0.5, 0.6) is 0 Å². The molecule has 0 aromatic carbocycles. The van der Waals surface area contributed by atoms with Crippen LogP contribution in [0.3, 0.4) is 0 Å². The van der Waals surface area contributed by atoms with Crippen LogP contribution in [0, 0.1) is 5.92 Å². The number of carbonyl (C=O) groups excluding carboxylic acids is 1. The SMILES string of the molecule is CC1CCCC(NCC(N)=O)CC1. The molecule has 0 spiro atoms. The molecule has 1 aliphatic carbocycles. The first kappa shape index (κ1) is 10.5. The van der Waals surface area contributed by atoms with Crippen LogP contribution in [0.1, 0.15) is 39.0 Å². The van der Waals surface area contributed by atoms with Crippen molar-refractivity contribution in [2.45, 2.75) is 45.1 Å². The van der Waals surface area contributed by atoms with Gasteiger partial charge in [0.1, 0.15) is 0 Å². The summed E-state index contributed by atoms with van der Waals surface area (Å²) in [7, 11) is 0. The number of rotatable bonds is 3. The Bertz CT molecular complexity index is 170. The first-order valence-electron chi connectivity index (χ1n) is 5.20. The molecule has 0 radical (unpaired) electrons. The quantitative estimate of drug-likeness (QED) is 0.644. The van der Waals surface area contributed by atoms with E-state index in [2.05, 4.69) is 12.2 Å². The summed E-state index contributed by atoms with van der Waals surface area (Å²) in [6.45, 7) is 2.63. The number of amides is 1. The average Bonchev–Trinajstić information content (AvgIpc) is 2.27. The number of primary amides is 1. The van der Waals surface area contributed by atoms with Crippen molar-refractivity contribution in [3.05, 3.63) is 0 Å². The molecule has 0 aliphatic heterocycles. The first-order valence-corrected chi connectivity index (χ1v) is 5.20. The molecule has 0 saturated heterocycles. The Morgan fingerprint density at radius 3 is 2.85 bits per heavy atom. The second kappa shape index (κ2) is 5.22. The molecule has 2 atom stereocenters. The van der Waals surface area contributed by atoms with E-state index in [0.717, 1.165) is 5.92 Å². The summed E-state index contributed by atoms with van der Waals surface area (Å²) in [5.74, 6) is 0.595. The van der Waals surface area contributed by atoms with Gasteiger partial charge in [0.2, 0.25) is 5.91 Å². The molecule has 13 heavy (non-hydrogen) atoms. The van der Waals surface area contributed by atoms with Crippen molar-refractivity contribution >= 4 is 5.91 Å². The minimum atomic E-state index is -0.253. The van der Waals surface area contributed by atoms with E-state index in [0.29, 0.717) is 12.6 Å². The van der Waals surface area contributed by atoms with Crippen LogP contribution >= 0.6 is 0 Å². The second-order valence-electron chi connectivity index (χ2n) is 4.16. The normalized spacial score (nSPS) is 29.6. The van der Waals surface area contributed by atoms with Crippen molar-refractivity contribution in [3.63, 3.8) is 0 Å². The van der Waals surface area contributed by atoms with Gasteiger partial charge in [-0.1, -0.05) is 19.8 Å². The fourth-order valence-corrected chi connectivity index (χ4v) is 1.94. The zero-order valence-electron chi connectivity index (χ0n) is 8.38. The van der Waals surface area contributed by atoms with E-state index < -0.39 is 0 Å². The Morgan fingerprint density at radius 2 is 2.15 bits per heavy atom. The molecule has 1 aliphatic rings. The van der Waals surface area contributed by atoms with Gasteiger partial charge in [0, 0.05) is 6.04 Å². The smallest absolute Gasteiger partial charge is 0.231 e. The lowest BCUT2D eigenvalue weighted by molar-refractivity contribution is -0.117. The average molecular weight is 184 g/mol. The third kappa shape index (κ3) is 4.27. The number of nitrogens with one attached hydrogen (secondary N) is 1. The molecule has 2 unspecified atom stereocenters. The molecule has 0 aromatic heterocycles. The second-order valence-corrected chi connectivity index (χ2v) is 4.16. The monoisotopic (exact) mass is 184 g/mol. The van der Waals surface area contributed by atoms with Crippen molar-refractivity contribution in [3.8, 4) is 0 Å². The molecular formula is C10H20N2O. The molecule has 0 aromatic rings. The van der Waals surface area contributed by atoms with Gasteiger partial charge in [-0.15, -0.1) is 0 Å². The highest BCUT2D eigenvalue weighted by Gasteiger charge is 2.15. The lowest BCUT2D eigenvalue weighted by Gasteiger charge is -2.14. The topological polar surface area (TPSA) is 55.1 Å². The molecular weight excluding hydrogens is 164 g/mol. The third-order valence-corrected chi connectivity index (χ3v) is 2.82. The van der Waals surface area contributed by atoms with Gasteiger partial charge in [0.15, 0.2) is 0 Å². The Hall–Kier alpha value is -0.570. The van der Waals surface area contributed by atoms with Gasteiger partial charge in [0.05, 0.1) is 6.54 Å². The Kier molecular flexibility index (Phi) is 4.22. The van der Waals surface area contributed by atoms with Gasteiger partial charge in [-0.2, -0.15) is 0 Å². The number of carbonyl (C=O) groups is 1. The van der Waals surface area contributed by atoms with E-state index in [1.54, 1.807) is 0 Å². The fourth-order valence-electron chi connectivity index (χ4n) is 1.94. The van der Waals surface area contributed by atoms with Gasteiger partial charge in [0.25, 0.3) is 0 Å². The van der Waals surface area contributed by atoms with Crippen molar-refractivity contribution in [2.24, 2.45) is 11.7 Å². The minimum absolute atomic E-state index is 0.253. The third-order valence-electron chi connectivity index (χ3n) is 2.82. The molecule has 1 amide bonds. The van der Waals surface area contributed by atoms with Gasteiger partial charge < -0.3 is 11.1 Å². The van der Waals surface area contributed by atoms with Crippen molar-refractivity contribution in [1.82, 2.24) is 5.32 Å². The summed E-state index contributed by atoms with van der Waals surface area (Å²) in [6.07, 6.45) is 6.26. The molecule has 3 N–H and O–H groups in total. The van der Waals surface area contributed by atoms with Crippen LogP contribution in [-0.4, -0.2) is 18.5 Å². The van der Waals surface area contributed by atoms with E-state index in [4.69, 9.17) is 5.73 Å². The lowest BCUT2D eigenvalue weighted by atomic mass is 10.0. The molecule has 3 heteroatoms. The minimum Gasteiger partial charge on any atom is -0.369 e. The highest BCUT2D eigenvalue weighted by molar-refractivity contribution is 5.75. The molecule has 3 nitrogen and oxygen atoms in total. The molecule has 0 bridgehead atoms. The van der Waals surface area contributed by atoms with Crippen molar-refractivity contribution < 1.29 is 4.79 Å². The van der Waals surface area contributed by atoms with Crippen LogP contribution < -0.4 is 11.1 Å². The maximum atomic E-state index is 10.6. The zero-order chi connectivity index (χ0) is 9.68. The van der Waals surface area contributed by atoms with E-state index >= 15 is 0 Å². The van der Waals surface area contributed by atoms with Gasteiger partial charge >= 0.3 is 0 Å². The summed E-state index contributed by atoms with van der Waals surface area (Å²) in [4.78, 5) is 10.6. The number of hydrogen-bond donors (Lipinski definition) is 2. The molecule has 76 valence electrons. The summed E-state index contributed by atoms with van der Waals surface area (Å²) in [6, 6.07) is 0.512. The number of nitrogens with two attached hydrogens (primary N) is 1. The van der Waals surface area contributed by atoms with Gasteiger partial charge in [-0.25, -0.2) is 0 Å². The van der Waals surface area contributed by atoms with Gasteiger partial charge in [-0.3, -0.25) is 4.79 Å². The van der Waals surface area contributed by atoms with Crippen LogP contribution in [0.4, 0.5) is 0 Å². The molecule has 1 rings (SSSR count). The van der Waals surface area contributed by atoms with Crippen molar-refractivity contribution in [1.29, 1.82) is 0 Å². The van der Waals surface area contributed by atoms with E-state index in [1.165, 1.54) is 32.1 Å². The Morgan fingerprint density at radius 1 is 1.38 bits per heavy atom. The summed E-state index contributed by atoms with van der Waals surface area (Å²) >= 11 is 0. The van der Waals surface area contributed by atoms with E-state index in [1.807, 2.05) is 0 Å². The van der Waals surface area contributed by atoms with Crippen LogP contribution in [-0.2, 0) is 4.79 Å². The van der Waals surface area contributed by atoms with Crippen LogP contribution in [0.2, 0.25) is 0 Å². The fraction of sp³-hybridized carbons (Fsp3) is 0.900. The van der Waals surface area contributed by atoms with E-state index in [-0.39, 0.29) is 5.91 Å². The molecule has 1 saturated carbocycles. The zero-order valence-corrected chi connectivity index (χ0v) is 8.38. The Labute approximate surface area is 80.1 Å². The first-order chi connectivity index (χ1) is 6.18. The standard InChI is InChI=1S/C10H20N2O/c1-8-3-2-4-9(6-5-8)12-7-10(11)13/h8-9,12H,2-7H2,1H3,(H2,11,13). The largest absolute Gasteiger partial charge is 0.369 e. The maximum Gasteiger partial charge on any atom is 0.231 e. The highest BCUT2D eigenvalue weighted by Crippen LogP contribution is 2.22. The predicted octanol–water partition coefficient (Wildman–Crippen LogP) is 1.03. The summed E-state index contributed by atoms with van der Waals surface area (Å²) < 4.78 is 0. The highest BCUT2D eigenvalue weighted by atomic mass is 16.1. The predicted molar refractivity (Wildman–Crippen MR) is 53.2 cm³/mol. The number of hydrogen-bond acceptors (Lipinski definition) is 2.